The molecule has 0 saturated carbocycles. The number of unbranched alkanes of at least 4 members (excludes halogenated alkanes) is 1. The molecule has 0 aliphatic carbocycles. The second kappa shape index (κ2) is 7.99. The van der Waals surface area contributed by atoms with Gasteiger partial charge in [0.2, 0.25) is 0 Å². The molecule has 2 heterocycles. The summed E-state index contributed by atoms with van der Waals surface area (Å²) in [6, 6.07) is 10.1. The van der Waals surface area contributed by atoms with Gasteiger partial charge in [-0.05, 0) is 37.1 Å². The van der Waals surface area contributed by atoms with Gasteiger partial charge in [-0.1, -0.05) is 22.7 Å². The summed E-state index contributed by atoms with van der Waals surface area (Å²) in [7, 11) is 0. The van der Waals surface area contributed by atoms with Gasteiger partial charge in [-0.25, -0.2) is 9.59 Å². The Morgan fingerprint density at radius 1 is 0.857 bits per heavy atom. The molecule has 0 atom stereocenters. The maximum Gasteiger partial charge on any atom is 0.396 e. The number of rotatable bonds is 7. The van der Waals surface area contributed by atoms with Gasteiger partial charge in [-0.15, -0.1) is 0 Å². The van der Waals surface area contributed by atoms with Crippen LogP contribution in [0.15, 0.2) is 54.8 Å². The van der Waals surface area contributed by atoms with Gasteiger partial charge in [-0.3, -0.25) is 4.79 Å². The lowest BCUT2D eigenvalue weighted by molar-refractivity contribution is -0.134. The van der Waals surface area contributed by atoms with Crippen molar-refractivity contribution in [3.8, 4) is 11.5 Å². The first-order valence-electron chi connectivity index (χ1n) is 8.48. The van der Waals surface area contributed by atoms with Crippen molar-refractivity contribution in [3.63, 3.8) is 0 Å². The van der Waals surface area contributed by atoms with E-state index in [4.69, 9.17) is 18.3 Å². The maximum absolute atomic E-state index is 11.9. The van der Waals surface area contributed by atoms with E-state index in [2.05, 4.69) is 0 Å². The molecular weight excluding hydrogens is 404 g/mol. The second-order valence-electron chi connectivity index (χ2n) is 5.90. The van der Waals surface area contributed by atoms with E-state index in [1.54, 1.807) is 30.3 Å². The van der Waals surface area contributed by atoms with E-state index in [1.165, 1.54) is 6.07 Å². The molecule has 4 rings (SSSR count). The summed E-state index contributed by atoms with van der Waals surface area (Å²) in [5.41, 5.74) is 0.918. The first kappa shape index (κ1) is 18.5. The Kier molecular flexibility index (Phi) is 5.27. The molecule has 2 aromatic carbocycles. The number of hydrogen-bond donors (Lipinski definition) is 0. The standard InChI is InChI=1S/C19H14O7S2/c20-17(24-12-5-7-16-14(10-12)26-19(22)28-16)3-1-2-8-23-11-4-6-15-13(9-11)25-18(21)27-15/h4-7,9-10H,1-3,8H2. The molecule has 0 saturated heterocycles. The van der Waals surface area contributed by atoms with Gasteiger partial charge < -0.3 is 18.3 Å². The van der Waals surface area contributed by atoms with Crippen molar-refractivity contribution < 1.29 is 23.1 Å². The van der Waals surface area contributed by atoms with Gasteiger partial charge in [0.25, 0.3) is 0 Å². The first-order chi connectivity index (χ1) is 13.6. The predicted octanol–water partition coefficient (Wildman–Crippen LogP) is 4.18. The van der Waals surface area contributed by atoms with Gasteiger partial charge >= 0.3 is 15.8 Å². The molecule has 2 aromatic heterocycles. The van der Waals surface area contributed by atoms with Crippen molar-refractivity contribution >= 4 is 49.2 Å². The molecule has 0 N–H and O–H groups in total. The molecule has 0 unspecified atom stereocenters. The molecule has 0 bridgehead atoms. The Balaban J connectivity index is 1.22. The third kappa shape index (κ3) is 4.32. The van der Waals surface area contributed by atoms with E-state index in [1.807, 2.05) is 0 Å². The minimum absolute atomic E-state index is 0.243. The van der Waals surface area contributed by atoms with Crippen molar-refractivity contribution in [2.24, 2.45) is 0 Å². The average molecular weight is 418 g/mol. The summed E-state index contributed by atoms with van der Waals surface area (Å²) in [6.07, 6.45) is 1.51. The van der Waals surface area contributed by atoms with E-state index in [0.29, 0.717) is 46.8 Å². The molecule has 4 aromatic rings. The van der Waals surface area contributed by atoms with Crippen LogP contribution in [0.3, 0.4) is 0 Å². The summed E-state index contributed by atoms with van der Waals surface area (Å²) < 4.78 is 22.4. The van der Waals surface area contributed by atoms with Crippen LogP contribution in [0.1, 0.15) is 19.3 Å². The van der Waals surface area contributed by atoms with Crippen LogP contribution in [-0.2, 0) is 4.79 Å². The van der Waals surface area contributed by atoms with E-state index in [-0.39, 0.29) is 17.3 Å². The van der Waals surface area contributed by atoms with Crippen molar-refractivity contribution in [1.82, 2.24) is 0 Å². The highest BCUT2D eigenvalue weighted by molar-refractivity contribution is 7.16. The van der Waals surface area contributed by atoms with Crippen LogP contribution >= 0.6 is 22.7 Å². The van der Waals surface area contributed by atoms with Crippen LogP contribution in [0.25, 0.3) is 20.6 Å². The molecule has 28 heavy (non-hydrogen) atoms. The Morgan fingerprint density at radius 2 is 1.46 bits per heavy atom. The largest absolute Gasteiger partial charge is 0.493 e. The third-order valence-corrected chi connectivity index (χ3v) is 5.49. The van der Waals surface area contributed by atoms with Crippen LogP contribution in [0.2, 0.25) is 0 Å². The predicted molar refractivity (Wildman–Crippen MR) is 106 cm³/mol. The molecule has 0 aliphatic rings. The van der Waals surface area contributed by atoms with Crippen molar-refractivity contribution in [1.29, 1.82) is 0 Å². The SMILES string of the molecule is O=C(CCCCOc1ccc2sc(=O)oc2c1)Oc1ccc2sc(=O)oc2c1. The lowest BCUT2D eigenvalue weighted by Gasteiger charge is -2.06. The van der Waals surface area contributed by atoms with Gasteiger partial charge in [-0.2, -0.15) is 0 Å². The first-order valence-corrected chi connectivity index (χ1v) is 10.1. The number of hydrogen-bond acceptors (Lipinski definition) is 9. The molecular formula is C19H14O7S2. The molecule has 0 amide bonds. The van der Waals surface area contributed by atoms with E-state index >= 15 is 0 Å². The molecule has 0 aliphatic heterocycles. The van der Waals surface area contributed by atoms with Crippen LogP contribution < -0.4 is 19.4 Å². The number of fused-ring (bicyclic) bond motifs is 2. The van der Waals surface area contributed by atoms with Gasteiger partial charge in [0.15, 0.2) is 11.2 Å². The highest BCUT2D eigenvalue weighted by Gasteiger charge is 2.09. The van der Waals surface area contributed by atoms with Crippen molar-refractivity contribution in [2.75, 3.05) is 6.61 Å². The highest BCUT2D eigenvalue weighted by Crippen LogP contribution is 2.24. The summed E-state index contributed by atoms with van der Waals surface area (Å²) in [6.45, 7) is 0.430. The summed E-state index contributed by atoms with van der Waals surface area (Å²) >= 11 is 2.05. The van der Waals surface area contributed by atoms with Gasteiger partial charge in [0, 0.05) is 18.6 Å². The number of carbonyl (C=O) groups excluding carboxylic acids is 1. The zero-order valence-corrected chi connectivity index (χ0v) is 16.1. The highest BCUT2D eigenvalue weighted by atomic mass is 32.1. The van der Waals surface area contributed by atoms with Crippen LogP contribution in [0.4, 0.5) is 0 Å². The third-order valence-electron chi connectivity index (χ3n) is 3.88. The normalized spacial score (nSPS) is 11.1. The Hall–Kier alpha value is -2.91. The van der Waals surface area contributed by atoms with Gasteiger partial charge in [0.1, 0.15) is 11.5 Å². The lowest BCUT2D eigenvalue weighted by Crippen LogP contribution is -2.08. The van der Waals surface area contributed by atoms with Crippen LogP contribution in [0.5, 0.6) is 11.5 Å². The van der Waals surface area contributed by atoms with Crippen LogP contribution in [-0.4, -0.2) is 12.6 Å². The molecule has 0 fully saturated rings. The van der Waals surface area contributed by atoms with E-state index in [0.717, 1.165) is 27.4 Å². The topological polar surface area (TPSA) is 96.0 Å². The number of benzene rings is 2. The second-order valence-corrected chi connectivity index (χ2v) is 7.86. The minimum atomic E-state index is -0.390. The zero-order valence-electron chi connectivity index (χ0n) is 14.5. The number of esters is 1. The molecule has 9 heteroatoms. The smallest absolute Gasteiger partial charge is 0.396 e. The molecule has 0 spiro atoms. The molecule has 0 radical (unpaired) electrons. The number of carbonyl (C=O) groups is 1. The minimum Gasteiger partial charge on any atom is -0.493 e. The quantitative estimate of drug-likeness (QED) is 0.252. The van der Waals surface area contributed by atoms with Gasteiger partial charge in [0.05, 0.1) is 16.0 Å². The fraction of sp³-hybridized carbons (Fsp3) is 0.211. The Labute approximate surface area is 165 Å². The zero-order chi connectivity index (χ0) is 19.5. The molecule has 144 valence electrons. The van der Waals surface area contributed by atoms with Crippen molar-refractivity contribution in [2.45, 2.75) is 19.3 Å². The monoisotopic (exact) mass is 418 g/mol. The fourth-order valence-electron chi connectivity index (χ4n) is 2.60. The van der Waals surface area contributed by atoms with E-state index < -0.39 is 4.94 Å². The Morgan fingerprint density at radius 3 is 2.14 bits per heavy atom. The summed E-state index contributed by atoms with van der Waals surface area (Å²) in [4.78, 5) is 33.6. The molecule has 7 nitrogen and oxygen atoms in total. The average Bonchev–Trinajstić information content (AvgIpc) is 3.21. The lowest BCUT2D eigenvalue weighted by atomic mass is 10.2. The maximum atomic E-state index is 11.9. The summed E-state index contributed by atoms with van der Waals surface area (Å²) in [5.74, 6) is 0.599. The van der Waals surface area contributed by atoms with Crippen molar-refractivity contribution in [3.05, 3.63) is 55.9 Å². The van der Waals surface area contributed by atoms with E-state index in [9.17, 15) is 14.4 Å². The number of ether oxygens (including phenoxy) is 2. The Bertz CT molecular complexity index is 1240. The van der Waals surface area contributed by atoms with Crippen LogP contribution in [0, 0.1) is 0 Å². The summed E-state index contributed by atoms with van der Waals surface area (Å²) in [5, 5.41) is 0. The fourth-order valence-corrected chi connectivity index (χ4v) is 3.90.